The van der Waals surface area contributed by atoms with Gasteiger partial charge in [0.25, 0.3) is 10.0 Å². The minimum atomic E-state index is -3.92. The molecule has 3 N–H and O–H groups in total. The molecule has 0 radical (unpaired) electrons. The molecule has 1 heterocycles. The van der Waals surface area contributed by atoms with Gasteiger partial charge < -0.3 is 5.73 Å². The van der Waals surface area contributed by atoms with Crippen LogP contribution in [-0.2, 0) is 16.6 Å². The summed E-state index contributed by atoms with van der Waals surface area (Å²) in [5.74, 6) is -0.827. The highest BCUT2D eigenvalue weighted by Crippen LogP contribution is 2.24. The van der Waals surface area contributed by atoms with Crippen LogP contribution in [0.5, 0.6) is 0 Å². The first-order valence-corrected chi connectivity index (χ1v) is 7.49. The Morgan fingerprint density at radius 3 is 2.90 bits per heavy atom. The molecule has 2 aromatic rings. The van der Waals surface area contributed by atoms with Crippen LogP contribution in [0.15, 0.2) is 35.5 Å². The van der Waals surface area contributed by atoms with Gasteiger partial charge >= 0.3 is 0 Å². The van der Waals surface area contributed by atoms with Gasteiger partial charge in [-0.15, -0.1) is 0 Å². The summed E-state index contributed by atoms with van der Waals surface area (Å²) in [6, 6.07) is 4.05. The van der Waals surface area contributed by atoms with Gasteiger partial charge in [-0.2, -0.15) is 5.10 Å². The van der Waals surface area contributed by atoms with Crippen LogP contribution in [0.2, 0.25) is 5.02 Å². The standard InChI is InChI=1S/C11H12ClFN4O2S/c12-9-2-1-3-10(11(9)13)16-20(18,19)8-6-15-17(7-8)5-4-14/h1-3,6-7,16H,4-5,14H2. The maximum absolute atomic E-state index is 13.7. The predicted molar refractivity (Wildman–Crippen MR) is 73.5 cm³/mol. The van der Waals surface area contributed by atoms with Crippen molar-refractivity contribution in [1.82, 2.24) is 9.78 Å². The number of rotatable bonds is 5. The first kappa shape index (κ1) is 14.8. The van der Waals surface area contributed by atoms with E-state index in [2.05, 4.69) is 9.82 Å². The maximum atomic E-state index is 13.7. The van der Waals surface area contributed by atoms with Gasteiger partial charge in [-0.05, 0) is 12.1 Å². The Balaban J connectivity index is 2.28. The first-order chi connectivity index (χ1) is 9.44. The Morgan fingerprint density at radius 2 is 2.20 bits per heavy atom. The molecule has 108 valence electrons. The molecule has 2 rings (SSSR count). The quantitative estimate of drug-likeness (QED) is 0.872. The Bertz CT molecular complexity index is 717. The Hall–Kier alpha value is -1.64. The maximum Gasteiger partial charge on any atom is 0.265 e. The fourth-order valence-corrected chi connectivity index (χ4v) is 2.71. The van der Waals surface area contributed by atoms with Crippen LogP contribution >= 0.6 is 11.6 Å². The molecule has 0 saturated heterocycles. The highest BCUT2D eigenvalue weighted by atomic mass is 35.5. The lowest BCUT2D eigenvalue weighted by atomic mass is 10.3. The average Bonchev–Trinajstić information content (AvgIpc) is 2.85. The zero-order valence-electron chi connectivity index (χ0n) is 10.3. The van der Waals surface area contributed by atoms with Crippen LogP contribution in [0.3, 0.4) is 0 Å². The molecule has 0 aliphatic rings. The molecule has 9 heteroatoms. The summed E-state index contributed by atoms with van der Waals surface area (Å²) in [5, 5.41) is 3.69. The van der Waals surface area contributed by atoms with Crippen LogP contribution in [0.4, 0.5) is 10.1 Å². The second-order valence-corrected chi connectivity index (χ2v) is 6.02. The number of aromatic nitrogens is 2. The van der Waals surface area contributed by atoms with E-state index in [0.717, 1.165) is 0 Å². The van der Waals surface area contributed by atoms with Crippen LogP contribution in [-0.4, -0.2) is 24.7 Å². The topological polar surface area (TPSA) is 90.0 Å². The average molecular weight is 319 g/mol. The number of hydrogen-bond donors (Lipinski definition) is 2. The minimum absolute atomic E-state index is 0.0784. The van der Waals surface area contributed by atoms with Crippen molar-refractivity contribution in [2.75, 3.05) is 11.3 Å². The van der Waals surface area contributed by atoms with Crippen LogP contribution < -0.4 is 10.5 Å². The van der Waals surface area contributed by atoms with E-state index >= 15 is 0 Å². The molecule has 0 saturated carbocycles. The first-order valence-electron chi connectivity index (χ1n) is 5.63. The number of halogens is 2. The summed E-state index contributed by atoms with van der Waals surface area (Å²) in [6.07, 6.45) is 2.48. The number of benzene rings is 1. The van der Waals surface area contributed by atoms with Crippen molar-refractivity contribution in [1.29, 1.82) is 0 Å². The predicted octanol–water partition coefficient (Wildman–Crippen LogP) is 1.44. The van der Waals surface area contributed by atoms with E-state index in [1.165, 1.54) is 35.3 Å². The third-order valence-electron chi connectivity index (χ3n) is 2.47. The number of nitrogens with two attached hydrogens (primary N) is 1. The second kappa shape index (κ2) is 5.78. The van der Waals surface area contributed by atoms with Crippen molar-refractivity contribution < 1.29 is 12.8 Å². The van der Waals surface area contributed by atoms with Gasteiger partial charge in [0.15, 0.2) is 5.82 Å². The molecule has 0 unspecified atom stereocenters. The molecule has 6 nitrogen and oxygen atoms in total. The van der Waals surface area contributed by atoms with Gasteiger partial charge in [0, 0.05) is 12.7 Å². The van der Waals surface area contributed by atoms with E-state index in [1.807, 2.05) is 0 Å². The van der Waals surface area contributed by atoms with E-state index in [0.29, 0.717) is 13.1 Å². The normalized spacial score (nSPS) is 11.6. The van der Waals surface area contributed by atoms with Gasteiger partial charge in [-0.25, -0.2) is 12.8 Å². The number of anilines is 1. The molecule has 0 spiro atoms. The van der Waals surface area contributed by atoms with E-state index in [4.69, 9.17) is 17.3 Å². The fourth-order valence-electron chi connectivity index (χ4n) is 1.52. The van der Waals surface area contributed by atoms with Crippen molar-refractivity contribution >= 4 is 27.3 Å². The molecular formula is C11H12ClFN4O2S. The van der Waals surface area contributed by atoms with Crippen LogP contribution in [0, 0.1) is 5.82 Å². The second-order valence-electron chi connectivity index (χ2n) is 3.93. The molecule has 0 fully saturated rings. The van der Waals surface area contributed by atoms with Crippen molar-refractivity contribution in [3.05, 3.63) is 41.4 Å². The molecule has 0 bridgehead atoms. The summed E-state index contributed by atoms with van der Waals surface area (Å²) in [5.41, 5.74) is 5.13. The molecule has 0 amide bonds. The van der Waals surface area contributed by atoms with Gasteiger partial charge in [-0.1, -0.05) is 17.7 Å². The van der Waals surface area contributed by atoms with Gasteiger partial charge in [0.05, 0.1) is 23.5 Å². The van der Waals surface area contributed by atoms with E-state index in [9.17, 15) is 12.8 Å². The Labute approximate surface area is 120 Å². The molecule has 0 aliphatic carbocycles. The largest absolute Gasteiger partial charge is 0.329 e. The smallest absolute Gasteiger partial charge is 0.265 e. The summed E-state index contributed by atoms with van der Waals surface area (Å²) >= 11 is 5.59. The minimum Gasteiger partial charge on any atom is -0.329 e. The summed E-state index contributed by atoms with van der Waals surface area (Å²) in [7, 11) is -3.92. The Morgan fingerprint density at radius 1 is 1.45 bits per heavy atom. The third-order valence-corrected chi connectivity index (χ3v) is 4.09. The van der Waals surface area contributed by atoms with Crippen molar-refractivity contribution in [2.45, 2.75) is 11.4 Å². The molecular weight excluding hydrogens is 307 g/mol. The lowest BCUT2D eigenvalue weighted by Crippen LogP contribution is -2.14. The van der Waals surface area contributed by atoms with Gasteiger partial charge in [-0.3, -0.25) is 9.40 Å². The van der Waals surface area contributed by atoms with Crippen molar-refractivity contribution in [2.24, 2.45) is 5.73 Å². The number of hydrogen-bond acceptors (Lipinski definition) is 4. The van der Waals surface area contributed by atoms with Gasteiger partial charge in [0.2, 0.25) is 0 Å². The van der Waals surface area contributed by atoms with Crippen LogP contribution in [0.25, 0.3) is 0 Å². The summed E-state index contributed by atoms with van der Waals surface area (Å²) in [4.78, 5) is -0.0784. The highest BCUT2D eigenvalue weighted by Gasteiger charge is 2.19. The van der Waals surface area contributed by atoms with Crippen molar-refractivity contribution in [3.63, 3.8) is 0 Å². The van der Waals surface area contributed by atoms with Crippen molar-refractivity contribution in [3.8, 4) is 0 Å². The monoisotopic (exact) mass is 318 g/mol. The molecule has 0 aliphatic heterocycles. The van der Waals surface area contributed by atoms with E-state index in [1.54, 1.807) is 0 Å². The van der Waals surface area contributed by atoms with Gasteiger partial charge in [0.1, 0.15) is 4.90 Å². The SMILES string of the molecule is NCCn1cc(S(=O)(=O)Nc2cccc(Cl)c2F)cn1. The number of nitrogens with one attached hydrogen (secondary N) is 1. The molecule has 20 heavy (non-hydrogen) atoms. The molecule has 1 aromatic heterocycles. The van der Waals surface area contributed by atoms with E-state index in [-0.39, 0.29) is 15.6 Å². The zero-order chi connectivity index (χ0) is 14.8. The zero-order valence-corrected chi connectivity index (χ0v) is 11.8. The number of sulfonamides is 1. The molecule has 0 atom stereocenters. The Kier molecular flexibility index (Phi) is 4.26. The fraction of sp³-hybridized carbons (Fsp3) is 0.182. The van der Waals surface area contributed by atoms with Crippen LogP contribution in [0.1, 0.15) is 0 Å². The molecule has 1 aromatic carbocycles. The third kappa shape index (κ3) is 3.09. The highest BCUT2D eigenvalue weighted by molar-refractivity contribution is 7.92. The van der Waals surface area contributed by atoms with E-state index < -0.39 is 15.8 Å². The lowest BCUT2D eigenvalue weighted by molar-refractivity contribution is 0.597. The summed E-state index contributed by atoms with van der Waals surface area (Å²) < 4.78 is 41.4. The number of nitrogens with zero attached hydrogens (tertiary/aromatic N) is 2. The lowest BCUT2D eigenvalue weighted by Gasteiger charge is -2.07. The summed E-state index contributed by atoms with van der Waals surface area (Å²) in [6.45, 7) is 0.721.